The Balaban J connectivity index is 1.62. The summed E-state index contributed by atoms with van der Waals surface area (Å²) in [5.41, 5.74) is -0.647. The second kappa shape index (κ2) is 7.33. The Morgan fingerprint density at radius 2 is 2.04 bits per heavy atom. The molecule has 2 heterocycles. The lowest BCUT2D eigenvalue weighted by Crippen LogP contribution is -2.38. The zero-order valence-electron chi connectivity index (χ0n) is 13.0. The van der Waals surface area contributed by atoms with E-state index >= 15 is 0 Å². The van der Waals surface area contributed by atoms with Crippen molar-refractivity contribution in [3.63, 3.8) is 0 Å². The van der Waals surface area contributed by atoms with Gasteiger partial charge in [0.05, 0.1) is 5.56 Å². The van der Waals surface area contributed by atoms with Gasteiger partial charge in [0.1, 0.15) is 0 Å². The number of piperidine rings is 1. The fourth-order valence-electron chi connectivity index (χ4n) is 2.77. The monoisotopic (exact) mass is 433 g/mol. The first kappa shape index (κ1) is 18.2. The highest BCUT2D eigenvalue weighted by atomic mass is 79.9. The quantitative estimate of drug-likeness (QED) is 0.757. The molecule has 4 nitrogen and oxygen atoms in total. The van der Waals surface area contributed by atoms with Crippen LogP contribution in [0.25, 0.3) is 0 Å². The number of benzene rings is 1. The lowest BCUT2D eigenvalue weighted by Gasteiger charge is -2.31. The highest BCUT2D eigenvalue weighted by molar-refractivity contribution is 9.10. The molecule has 0 spiro atoms. The molecule has 0 bridgehead atoms. The van der Waals surface area contributed by atoms with E-state index in [4.69, 9.17) is 0 Å². The molecule has 3 rings (SSSR count). The van der Waals surface area contributed by atoms with Crippen LogP contribution in [0, 0.1) is 5.92 Å². The number of rotatable bonds is 3. The zero-order chi connectivity index (χ0) is 18.0. The van der Waals surface area contributed by atoms with Gasteiger partial charge in [-0.15, -0.1) is 11.3 Å². The van der Waals surface area contributed by atoms with Gasteiger partial charge in [0.15, 0.2) is 5.13 Å². The molecule has 1 aliphatic rings. The predicted octanol–water partition coefficient (Wildman–Crippen LogP) is 4.78. The molecule has 1 fully saturated rings. The predicted molar refractivity (Wildman–Crippen MR) is 94.8 cm³/mol. The topological polar surface area (TPSA) is 45.2 Å². The van der Waals surface area contributed by atoms with E-state index < -0.39 is 11.7 Å². The number of alkyl halides is 3. The van der Waals surface area contributed by atoms with Crippen LogP contribution in [-0.4, -0.2) is 24.0 Å². The van der Waals surface area contributed by atoms with Gasteiger partial charge in [0, 0.05) is 40.7 Å². The number of carbonyl (C=O) groups is 1. The van der Waals surface area contributed by atoms with E-state index in [1.807, 2.05) is 5.38 Å². The van der Waals surface area contributed by atoms with Gasteiger partial charge in [0.2, 0.25) is 5.91 Å². The largest absolute Gasteiger partial charge is 0.417 e. The second-order valence-corrected chi connectivity index (χ2v) is 7.48. The van der Waals surface area contributed by atoms with E-state index in [0.717, 1.165) is 11.2 Å². The fraction of sp³-hybridized carbons (Fsp3) is 0.375. The molecule has 134 valence electrons. The minimum absolute atomic E-state index is 0.0465. The molecule has 1 aromatic carbocycles. The number of amides is 1. The van der Waals surface area contributed by atoms with Crippen molar-refractivity contribution in [2.24, 2.45) is 5.92 Å². The molecule has 9 heteroatoms. The van der Waals surface area contributed by atoms with E-state index in [9.17, 15) is 18.0 Å². The number of aromatic nitrogens is 1. The molecular formula is C16H15BrF3N3OS. The average Bonchev–Trinajstić information content (AvgIpc) is 3.10. The fourth-order valence-corrected chi connectivity index (χ4v) is 3.94. The van der Waals surface area contributed by atoms with Crippen LogP contribution in [0.5, 0.6) is 0 Å². The normalized spacial score (nSPS) is 16.1. The van der Waals surface area contributed by atoms with Gasteiger partial charge < -0.3 is 10.2 Å². The number of nitrogens with zero attached hydrogens (tertiary/aromatic N) is 2. The summed E-state index contributed by atoms with van der Waals surface area (Å²) in [6, 6.07) is 3.71. The lowest BCUT2D eigenvalue weighted by molar-refractivity contribution is -0.138. The summed E-state index contributed by atoms with van der Waals surface area (Å²) in [7, 11) is 0. The van der Waals surface area contributed by atoms with Crippen molar-refractivity contribution in [2.45, 2.75) is 19.0 Å². The molecule has 1 aliphatic heterocycles. The first-order chi connectivity index (χ1) is 11.8. The number of carbonyl (C=O) groups excluding carboxylic acids is 1. The Bertz CT molecular complexity index is 744. The Labute approximate surface area is 155 Å². The smallest absolute Gasteiger partial charge is 0.348 e. The van der Waals surface area contributed by atoms with Crippen molar-refractivity contribution < 1.29 is 18.0 Å². The third-order valence-electron chi connectivity index (χ3n) is 4.09. The molecule has 1 aromatic heterocycles. The van der Waals surface area contributed by atoms with Gasteiger partial charge in [-0.05, 0) is 31.0 Å². The van der Waals surface area contributed by atoms with Gasteiger partial charge in [0.25, 0.3) is 0 Å². The Kier molecular flexibility index (Phi) is 5.33. The minimum Gasteiger partial charge on any atom is -0.348 e. The van der Waals surface area contributed by atoms with Crippen LogP contribution in [0.15, 0.2) is 34.2 Å². The first-order valence-corrected chi connectivity index (χ1v) is 9.34. The van der Waals surface area contributed by atoms with E-state index in [0.29, 0.717) is 25.9 Å². The van der Waals surface area contributed by atoms with Gasteiger partial charge in [-0.1, -0.05) is 15.9 Å². The van der Waals surface area contributed by atoms with E-state index in [2.05, 4.69) is 31.1 Å². The van der Waals surface area contributed by atoms with Crippen molar-refractivity contribution in [1.29, 1.82) is 0 Å². The molecule has 0 aliphatic carbocycles. The summed E-state index contributed by atoms with van der Waals surface area (Å²) < 4.78 is 38.8. The number of anilines is 2. The van der Waals surface area contributed by atoms with Crippen LogP contribution < -0.4 is 10.2 Å². The van der Waals surface area contributed by atoms with E-state index in [1.54, 1.807) is 17.5 Å². The van der Waals surface area contributed by atoms with Crippen molar-refractivity contribution in [2.75, 3.05) is 23.3 Å². The average molecular weight is 434 g/mol. The summed E-state index contributed by atoms with van der Waals surface area (Å²) >= 11 is 4.44. The summed E-state index contributed by atoms with van der Waals surface area (Å²) in [5.74, 6) is -0.455. The maximum absolute atomic E-state index is 12.9. The van der Waals surface area contributed by atoms with Crippen LogP contribution in [-0.2, 0) is 11.0 Å². The summed E-state index contributed by atoms with van der Waals surface area (Å²) in [5, 5.41) is 5.44. The number of hydrogen-bond acceptors (Lipinski definition) is 4. The third kappa shape index (κ3) is 4.33. The van der Waals surface area contributed by atoms with Crippen LogP contribution in [0.2, 0.25) is 0 Å². The molecule has 0 radical (unpaired) electrons. The van der Waals surface area contributed by atoms with Gasteiger partial charge in [-0.2, -0.15) is 13.2 Å². The summed E-state index contributed by atoms with van der Waals surface area (Å²) in [6.45, 7) is 1.42. The molecular weight excluding hydrogens is 419 g/mol. The van der Waals surface area contributed by atoms with Crippen LogP contribution >= 0.6 is 27.3 Å². The highest BCUT2D eigenvalue weighted by Crippen LogP contribution is 2.36. The summed E-state index contributed by atoms with van der Waals surface area (Å²) in [4.78, 5) is 18.7. The van der Waals surface area contributed by atoms with Crippen LogP contribution in [0.4, 0.5) is 24.0 Å². The molecule has 0 saturated carbocycles. The Hall–Kier alpha value is -1.61. The van der Waals surface area contributed by atoms with Crippen LogP contribution in [0.3, 0.4) is 0 Å². The molecule has 1 amide bonds. The standard InChI is InChI=1S/C16H15BrF3N3OS/c17-13-2-1-11(9-12(13)16(18,19)20)22-14(24)10-3-6-23(7-4-10)15-21-5-8-25-15/h1-2,5,8-10H,3-4,6-7H2,(H,22,24). The first-order valence-electron chi connectivity index (χ1n) is 7.66. The molecule has 0 atom stereocenters. The Morgan fingerprint density at radius 3 is 2.64 bits per heavy atom. The maximum Gasteiger partial charge on any atom is 0.417 e. The van der Waals surface area contributed by atoms with Gasteiger partial charge in [-0.25, -0.2) is 4.98 Å². The van der Waals surface area contributed by atoms with Gasteiger partial charge in [-0.3, -0.25) is 4.79 Å². The van der Waals surface area contributed by atoms with Crippen LogP contribution in [0.1, 0.15) is 18.4 Å². The zero-order valence-corrected chi connectivity index (χ0v) is 15.4. The molecule has 0 unspecified atom stereocenters. The third-order valence-corrected chi connectivity index (χ3v) is 5.62. The van der Waals surface area contributed by atoms with E-state index in [1.165, 1.54) is 12.1 Å². The number of nitrogens with one attached hydrogen (secondary N) is 1. The maximum atomic E-state index is 12.9. The van der Waals surface area contributed by atoms with Crippen molar-refractivity contribution in [3.8, 4) is 0 Å². The molecule has 2 aromatic rings. The number of hydrogen-bond donors (Lipinski definition) is 1. The van der Waals surface area contributed by atoms with E-state index in [-0.39, 0.29) is 22.0 Å². The molecule has 1 N–H and O–H groups in total. The molecule has 25 heavy (non-hydrogen) atoms. The minimum atomic E-state index is -4.47. The summed E-state index contributed by atoms with van der Waals surface area (Å²) in [6.07, 6.45) is -1.44. The number of halogens is 4. The van der Waals surface area contributed by atoms with Crippen molar-refractivity contribution in [3.05, 3.63) is 39.8 Å². The van der Waals surface area contributed by atoms with Gasteiger partial charge >= 0.3 is 6.18 Å². The Morgan fingerprint density at radius 1 is 1.32 bits per heavy atom. The van der Waals surface area contributed by atoms with Crippen molar-refractivity contribution >= 4 is 44.0 Å². The second-order valence-electron chi connectivity index (χ2n) is 5.76. The lowest BCUT2D eigenvalue weighted by atomic mass is 9.96. The SMILES string of the molecule is O=C(Nc1ccc(Br)c(C(F)(F)F)c1)C1CCN(c2nccs2)CC1. The van der Waals surface area contributed by atoms with Crippen molar-refractivity contribution in [1.82, 2.24) is 4.98 Å². The highest BCUT2D eigenvalue weighted by Gasteiger charge is 2.33. The number of thiazole rings is 1. The molecule has 1 saturated heterocycles.